The highest BCUT2D eigenvalue weighted by molar-refractivity contribution is 7.20. The van der Waals surface area contributed by atoms with Crippen molar-refractivity contribution in [2.45, 2.75) is 18.8 Å². The van der Waals surface area contributed by atoms with Crippen molar-refractivity contribution in [1.82, 2.24) is 29.8 Å². The summed E-state index contributed by atoms with van der Waals surface area (Å²) in [5.41, 5.74) is 1.96. The van der Waals surface area contributed by atoms with E-state index in [0.717, 1.165) is 58.1 Å². The highest BCUT2D eigenvalue weighted by atomic mass is 35.5. The van der Waals surface area contributed by atoms with Gasteiger partial charge < -0.3 is 4.90 Å². The van der Waals surface area contributed by atoms with Crippen LogP contribution >= 0.6 is 22.9 Å². The average molecular weight is 386 g/mol. The van der Waals surface area contributed by atoms with E-state index in [0.29, 0.717) is 5.92 Å². The molecule has 0 bridgehead atoms. The smallest absolute Gasteiger partial charge is 0.214 e. The maximum absolute atomic E-state index is 5.96. The molecule has 1 aliphatic heterocycles. The molecule has 9 heteroatoms. The van der Waals surface area contributed by atoms with Gasteiger partial charge in [0.15, 0.2) is 0 Å². The lowest BCUT2D eigenvalue weighted by molar-refractivity contribution is 0.485. The van der Waals surface area contributed by atoms with Crippen LogP contribution in [0.1, 0.15) is 24.6 Å². The second kappa shape index (κ2) is 6.37. The molecule has 0 atom stereocenters. The Bertz CT molecular complexity index is 982. The number of aromatic amines is 1. The number of fused-ring (bicyclic) bond motifs is 1. The minimum atomic E-state index is 0.453. The molecule has 1 N–H and O–H groups in total. The number of rotatable bonds is 3. The molecule has 1 aliphatic rings. The lowest BCUT2D eigenvalue weighted by Gasteiger charge is -2.30. The van der Waals surface area contributed by atoms with E-state index in [1.165, 1.54) is 0 Å². The molecule has 7 nitrogen and oxygen atoms in total. The topological polar surface area (TPSA) is 75.0 Å². The fourth-order valence-electron chi connectivity index (χ4n) is 3.33. The number of aromatic nitrogens is 6. The third-order valence-electron chi connectivity index (χ3n) is 4.76. The van der Waals surface area contributed by atoms with Crippen LogP contribution in [-0.2, 0) is 0 Å². The van der Waals surface area contributed by atoms with Crippen molar-refractivity contribution in [1.29, 1.82) is 0 Å². The number of piperidine rings is 1. The first-order chi connectivity index (χ1) is 12.8. The summed E-state index contributed by atoms with van der Waals surface area (Å²) >= 11 is 7.58. The summed E-state index contributed by atoms with van der Waals surface area (Å²) < 4.78 is 1.87. The molecular formula is C17H16ClN7S. The first-order valence-corrected chi connectivity index (χ1v) is 9.68. The fourth-order valence-corrected chi connectivity index (χ4v) is 4.39. The fraction of sp³-hybridized carbons (Fsp3) is 0.294. The number of anilines is 1. The first kappa shape index (κ1) is 15.8. The van der Waals surface area contributed by atoms with Gasteiger partial charge in [-0.3, -0.25) is 5.10 Å². The predicted octanol–water partition coefficient (Wildman–Crippen LogP) is 3.61. The molecule has 1 saturated heterocycles. The number of hydrogen-bond donors (Lipinski definition) is 1. The minimum Gasteiger partial charge on any atom is -0.347 e. The molecule has 3 aromatic heterocycles. The summed E-state index contributed by atoms with van der Waals surface area (Å²) in [6.07, 6.45) is 5.65. The number of benzene rings is 1. The van der Waals surface area contributed by atoms with Crippen molar-refractivity contribution >= 4 is 33.0 Å². The maximum Gasteiger partial charge on any atom is 0.214 e. The van der Waals surface area contributed by atoms with Gasteiger partial charge in [0.2, 0.25) is 10.1 Å². The van der Waals surface area contributed by atoms with Crippen molar-refractivity contribution in [2.75, 3.05) is 18.0 Å². The van der Waals surface area contributed by atoms with Gasteiger partial charge in [-0.1, -0.05) is 35.1 Å². The summed E-state index contributed by atoms with van der Waals surface area (Å²) in [4.78, 5) is 12.2. The Morgan fingerprint density at radius 1 is 1.15 bits per heavy atom. The van der Waals surface area contributed by atoms with Gasteiger partial charge in [-0.15, -0.1) is 5.10 Å². The predicted molar refractivity (Wildman–Crippen MR) is 102 cm³/mol. The third-order valence-corrected chi connectivity index (χ3v) is 5.99. The molecule has 0 radical (unpaired) electrons. The maximum atomic E-state index is 5.96. The van der Waals surface area contributed by atoms with Gasteiger partial charge in [-0.05, 0) is 25.0 Å². The lowest BCUT2D eigenvalue weighted by Crippen LogP contribution is -2.33. The van der Waals surface area contributed by atoms with E-state index in [9.17, 15) is 0 Å². The summed E-state index contributed by atoms with van der Waals surface area (Å²) in [6.45, 7) is 1.93. The Morgan fingerprint density at radius 2 is 1.96 bits per heavy atom. The summed E-state index contributed by atoms with van der Waals surface area (Å²) in [6, 6.07) is 7.71. The van der Waals surface area contributed by atoms with Crippen LogP contribution in [0.5, 0.6) is 0 Å². The summed E-state index contributed by atoms with van der Waals surface area (Å²) in [5.74, 6) is 1.44. The third kappa shape index (κ3) is 2.85. The monoisotopic (exact) mass is 385 g/mol. The quantitative estimate of drug-likeness (QED) is 0.583. The van der Waals surface area contributed by atoms with Gasteiger partial charge in [0.25, 0.3) is 0 Å². The number of hydrogen-bond acceptors (Lipinski definition) is 6. The van der Waals surface area contributed by atoms with E-state index in [-0.39, 0.29) is 0 Å². The highest BCUT2D eigenvalue weighted by Crippen LogP contribution is 2.32. The second-order valence-electron chi connectivity index (χ2n) is 6.38. The normalized spacial score (nSPS) is 15.8. The van der Waals surface area contributed by atoms with E-state index in [1.807, 2.05) is 35.0 Å². The van der Waals surface area contributed by atoms with Gasteiger partial charge in [0, 0.05) is 29.6 Å². The standard InChI is InChI=1S/C17H16ClN7S/c18-13-3-1-11(2-4-13)14-9-25-16(21-14)26-17(23-25)24-7-5-12(6-8-24)15-19-10-20-22-15/h1-4,9-10,12H,5-8H2,(H,19,20,22). The molecule has 1 fully saturated rings. The summed E-state index contributed by atoms with van der Waals surface area (Å²) in [7, 11) is 0. The first-order valence-electron chi connectivity index (χ1n) is 8.48. The molecular weight excluding hydrogens is 370 g/mol. The molecule has 26 heavy (non-hydrogen) atoms. The van der Waals surface area contributed by atoms with Crippen LogP contribution < -0.4 is 4.90 Å². The average Bonchev–Trinajstić information content (AvgIpc) is 3.39. The number of H-pyrrole nitrogens is 1. The molecule has 4 heterocycles. The summed E-state index contributed by atoms with van der Waals surface area (Å²) in [5, 5.41) is 13.4. The zero-order chi connectivity index (χ0) is 17.5. The van der Waals surface area contributed by atoms with Crippen LogP contribution in [-0.4, -0.2) is 42.9 Å². The van der Waals surface area contributed by atoms with E-state index >= 15 is 0 Å². The van der Waals surface area contributed by atoms with Gasteiger partial charge in [0.1, 0.15) is 12.2 Å². The largest absolute Gasteiger partial charge is 0.347 e. The van der Waals surface area contributed by atoms with Crippen LogP contribution in [0.4, 0.5) is 5.13 Å². The van der Waals surface area contributed by atoms with Crippen LogP contribution in [0.3, 0.4) is 0 Å². The zero-order valence-electron chi connectivity index (χ0n) is 13.8. The Labute approximate surface area is 158 Å². The van der Waals surface area contributed by atoms with Gasteiger partial charge in [-0.2, -0.15) is 5.10 Å². The Balaban J connectivity index is 1.33. The van der Waals surface area contributed by atoms with Gasteiger partial charge in [-0.25, -0.2) is 14.5 Å². The molecule has 5 rings (SSSR count). The van der Waals surface area contributed by atoms with E-state index < -0.39 is 0 Å². The van der Waals surface area contributed by atoms with E-state index in [1.54, 1.807) is 17.7 Å². The van der Waals surface area contributed by atoms with Crippen molar-refractivity contribution in [3.63, 3.8) is 0 Å². The molecule has 132 valence electrons. The van der Waals surface area contributed by atoms with Crippen molar-refractivity contribution in [3.8, 4) is 11.3 Å². The Kier molecular flexibility index (Phi) is 3.86. The molecule has 0 aliphatic carbocycles. The Morgan fingerprint density at radius 3 is 2.65 bits per heavy atom. The number of nitrogens with zero attached hydrogens (tertiary/aromatic N) is 6. The molecule has 4 aromatic rings. The van der Waals surface area contributed by atoms with Crippen molar-refractivity contribution in [2.24, 2.45) is 0 Å². The van der Waals surface area contributed by atoms with Crippen LogP contribution in [0, 0.1) is 0 Å². The zero-order valence-corrected chi connectivity index (χ0v) is 15.4. The van der Waals surface area contributed by atoms with Crippen LogP contribution in [0.15, 0.2) is 36.8 Å². The molecule has 0 unspecified atom stereocenters. The van der Waals surface area contributed by atoms with Gasteiger partial charge >= 0.3 is 0 Å². The minimum absolute atomic E-state index is 0.453. The SMILES string of the molecule is Clc1ccc(-c2cn3nc(N4CCC(c5ncn[nH]5)CC4)sc3n2)cc1. The molecule has 0 amide bonds. The number of halogens is 1. The van der Waals surface area contributed by atoms with E-state index in [4.69, 9.17) is 21.7 Å². The number of nitrogens with one attached hydrogen (secondary N) is 1. The van der Waals surface area contributed by atoms with Gasteiger partial charge in [0.05, 0.1) is 11.9 Å². The second-order valence-corrected chi connectivity index (χ2v) is 7.75. The van der Waals surface area contributed by atoms with Crippen molar-refractivity contribution < 1.29 is 0 Å². The van der Waals surface area contributed by atoms with Crippen LogP contribution in [0.25, 0.3) is 16.2 Å². The highest BCUT2D eigenvalue weighted by Gasteiger charge is 2.25. The van der Waals surface area contributed by atoms with Crippen molar-refractivity contribution in [3.05, 3.63) is 47.6 Å². The molecule has 1 aromatic carbocycles. The molecule has 0 saturated carbocycles. The van der Waals surface area contributed by atoms with E-state index in [2.05, 4.69) is 20.1 Å². The number of imidazole rings is 1. The lowest BCUT2D eigenvalue weighted by atomic mass is 9.96. The van der Waals surface area contributed by atoms with Crippen LogP contribution in [0.2, 0.25) is 5.02 Å². The molecule has 0 spiro atoms. The Hall–Kier alpha value is -2.45.